The minimum Gasteiger partial charge on any atom is -0.496 e. The van der Waals surface area contributed by atoms with Gasteiger partial charge in [-0.3, -0.25) is 4.79 Å². The number of benzene rings is 2. The van der Waals surface area contributed by atoms with E-state index in [1.807, 2.05) is 50.2 Å². The summed E-state index contributed by atoms with van der Waals surface area (Å²) in [6, 6.07) is 13.3. The molecule has 3 rings (SSSR count). The van der Waals surface area contributed by atoms with Crippen LogP contribution in [0, 0.1) is 6.92 Å². The fourth-order valence-corrected chi connectivity index (χ4v) is 2.84. The van der Waals surface area contributed by atoms with E-state index in [9.17, 15) is 4.79 Å². The molecule has 0 saturated carbocycles. The number of carbonyl (C=O) groups is 1. The minimum atomic E-state index is -0.0912. The quantitative estimate of drug-likeness (QED) is 0.757. The van der Waals surface area contributed by atoms with Crippen LogP contribution in [0.1, 0.15) is 28.7 Å². The summed E-state index contributed by atoms with van der Waals surface area (Å²) < 4.78 is 5.36. The molecule has 0 aliphatic rings. The molecule has 0 unspecified atom stereocenters. The Labute approximate surface area is 141 Å². The van der Waals surface area contributed by atoms with E-state index in [-0.39, 0.29) is 11.9 Å². The molecule has 2 N–H and O–H groups in total. The molecule has 0 bridgehead atoms. The maximum atomic E-state index is 12.5. The topological polar surface area (TPSA) is 67.0 Å². The van der Waals surface area contributed by atoms with E-state index in [0.29, 0.717) is 12.0 Å². The molecule has 0 radical (unpaired) electrons. The molecule has 124 valence electrons. The van der Waals surface area contributed by atoms with Crippen LogP contribution in [0.25, 0.3) is 11.0 Å². The van der Waals surface area contributed by atoms with Crippen LogP contribution in [-0.4, -0.2) is 29.0 Å². The lowest BCUT2D eigenvalue weighted by Gasteiger charge is -2.16. The zero-order valence-electron chi connectivity index (χ0n) is 14.1. The summed E-state index contributed by atoms with van der Waals surface area (Å²) in [6.07, 6.45) is 0.709. The minimum absolute atomic E-state index is 0.00648. The van der Waals surface area contributed by atoms with Crippen molar-refractivity contribution in [1.29, 1.82) is 0 Å². The highest BCUT2D eigenvalue weighted by Gasteiger charge is 2.13. The SMILES string of the molecule is COc1ccccc1C[C@H](C)NC(=O)c1ccc2nc(C)[nH]c2c1. The Morgan fingerprint density at radius 2 is 2.08 bits per heavy atom. The van der Waals surface area contributed by atoms with Crippen LogP contribution in [0.5, 0.6) is 5.75 Å². The molecule has 0 fully saturated rings. The molecule has 0 spiro atoms. The first-order valence-electron chi connectivity index (χ1n) is 7.96. The van der Waals surface area contributed by atoms with Gasteiger partial charge in [0, 0.05) is 11.6 Å². The van der Waals surface area contributed by atoms with E-state index in [1.54, 1.807) is 13.2 Å². The van der Waals surface area contributed by atoms with Gasteiger partial charge >= 0.3 is 0 Å². The van der Waals surface area contributed by atoms with Crippen LogP contribution in [0.4, 0.5) is 0 Å². The van der Waals surface area contributed by atoms with Gasteiger partial charge in [-0.25, -0.2) is 4.98 Å². The Bertz CT molecular complexity index is 870. The fraction of sp³-hybridized carbons (Fsp3) is 0.263. The van der Waals surface area contributed by atoms with Crippen LogP contribution >= 0.6 is 0 Å². The average molecular weight is 323 g/mol. The van der Waals surface area contributed by atoms with Crippen LogP contribution in [-0.2, 0) is 6.42 Å². The maximum absolute atomic E-state index is 12.5. The number of hydrogen-bond acceptors (Lipinski definition) is 3. The van der Waals surface area contributed by atoms with E-state index >= 15 is 0 Å². The summed E-state index contributed by atoms with van der Waals surface area (Å²) in [5.41, 5.74) is 3.44. The highest BCUT2D eigenvalue weighted by Crippen LogP contribution is 2.19. The standard InChI is InChI=1S/C19H21N3O2/c1-12(10-14-6-4-5-7-18(14)24-3)20-19(23)15-8-9-16-17(11-15)22-13(2)21-16/h4-9,11-12H,10H2,1-3H3,(H,20,23)(H,21,22)/t12-/m0/s1. The number of rotatable bonds is 5. The number of nitrogens with zero attached hydrogens (tertiary/aromatic N) is 1. The van der Waals surface area contributed by atoms with E-state index in [0.717, 1.165) is 28.2 Å². The van der Waals surface area contributed by atoms with Gasteiger partial charge in [0.25, 0.3) is 5.91 Å². The molecule has 1 aromatic heterocycles. The summed E-state index contributed by atoms with van der Waals surface area (Å²) in [7, 11) is 1.66. The molecule has 5 nitrogen and oxygen atoms in total. The number of para-hydroxylation sites is 1. The number of aromatic nitrogens is 2. The smallest absolute Gasteiger partial charge is 0.251 e. The largest absolute Gasteiger partial charge is 0.496 e. The second-order valence-corrected chi connectivity index (χ2v) is 5.94. The van der Waals surface area contributed by atoms with Crippen molar-refractivity contribution in [1.82, 2.24) is 15.3 Å². The second kappa shape index (κ2) is 6.74. The second-order valence-electron chi connectivity index (χ2n) is 5.94. The third-order valence-electron chi connectivity index (χ3n) is 3.96. The van der Waals surface area contributed by atoms with Gasteiger partial charge < -0.3 is 15.0 Å². The molecule has 5 heteroatoms. The van der Waals surface area contributed by atoms with Gasteiger partial charge in [0.05, 0.1) is 18.1 Å². The average Bonchev–Trinajstić information content (AvgIpc) is 2.94. The highest BCUT2D eigenvalue weighted by atomic mass is 16.5. The van der Waals surface area contributed by atoms with E-state index in [1.165, 1.54) is 0 Å². The molecule has 24 heavy (non-hydrogen) atoms. The zero-order chi connectivity index (χ0) is 17.1. The number of aryl methyl sites for hydroxylation is 1. The monoisotopic (exact) mass is 323 g/mol. The number of amides is 1. The Balaban J connectivity index is 1.70. The Hall–Kier alpha value is -2.82. The number of nitrogens with one attached hydrogen (secondary N) is 2. The van der Waals surface area contributed by atoms with Gasteiger partial charge in [0.15, 0.2) is 0 Å². The number of carbonyl (C=O) groups excluding carboxylic acids is 1. The summed E-state index contributed by atoms with van der Waals surface area (Å²) >= 11 is 0. The number of ether oxygens (including phenoxy) is 1. The van der Waals surface area contributed by atoms with Crippen LogP contribution in [0.15, 0.2) is 42.5 Å². The van der Waals surface area contributed by atoms with Crippen molar-refractivity contribution in [2.45, 2.75) is 26.3 Å². The zero-order valence-corrected chi connectivity index (χ0v) is 14.1. The van der Waals surface area contributed by atoms with Crippen molar-refractivity contribution in [2.75, 3.05) is 7.11 Å². The lowest BCUT2D eigenvalue weighted by molar-refractivity contribution is 0.0940. The molecule has 3 aromatic rings. The predicted molar refractivity (Wildman–Crippen MR) is 94.5 cm³/mol. The molecular weight excluding hydrogens is 302 g/mol. The molecule has 1 amide bonds. The fourth-order valence-electron chi connectivity index (χ4n) is 2.84. The summed E-state index contributed by atoms with van der Waals surface area (Å²) in [4.78, 5) is 20.0. The van der Waals surface area contributed by atoms with Gasteiger partial charge in [0.1, 0.15) is 11.6 Å². The van der Waals surface area contributed by atoms with Crippen molar-refractivity contribution >= 4 is 16.9 Å². The summed E-state index contributed by atoms with van der Waals surface area (Å²) in [6.45, 7) is 3.89. The third kappa shape index (κ3) is 3.40. The first-order chi connectivity index (χ1) is 11.6. The lowest BCUT2D eigenvalue weighted by Crippen LogP contribution is -2.34. The van der Waals surface area contributed by atoms with Crippen molar-refractivity contribution in [2.24, 2.45) is 0 Å². The first-order valence-corrected chi connectivity index (χ1v) is 7.96. The van der Waals surface area contributed by atoms with Crippen molar-refractivity contribution in [3.8, 4) is 5.75 Å². The lowest BCUT2D eigenvalue weighted by atomic mass is 10.1. The molecule has 0 saturated heterocycles. The molecule has 1 atom stereocenters. The number of aromatic amines is 1. The summed E-state index contributed by atoms with van der Waals surface area (Å²) in [5.74, 6) is 1.59. The number of fused-ring (bicyclic) bond motifs is 1. The number of imidazole rings is 1. The third-order valence-corrected chi connectivity index (χ3v) is 3.96. The van der Waals surface area contributed by atoms with E-state index in [4.69, 9.17) is 4.74 Å². The Morgan fingerprint density at radius 1 is 1.29 bits per heavy atom. The van der Waals surface area contributed by atoms with Gasteiger partial charge in [0.2, 0.25) is 0 Å². The number of hydrogen-bond donors (Lipinski definition) is 2. The first kappa shape index (κ1) is 16.1. The van der Waals surface area contributed by atoms with Gasteiger partial charge in [-0.2, -0.15) is 0 Å². The molecule has 1 heterocycles. The number of methoxy groups -OCH3 is 1. The highest BCUT2D eigenvalue weighted by molar-refractivity contribution is 5.97. The molecule has 0 aliphatic heterocycles. The molecular formula is C19H21N3O2. The Morgan fingerprint density at radius 3 is 2.88 bits per heavy atom. The predicted octanol–water partition coefficient (Wildman–Crippen LogP) is 3.24. The van der Waals surface area contributed by atoms with Crippen molar-refractivity contribution < 1.29 is 9.53 Å². The van der Waals surface area contributed by atoms with Gasteiger partial charge in [-0.15, -0.1) is 0 Å². The maximum Gasteiger partial charge on any atom is 0.251 e. The van der Waals surface area contributed by atoms with Crippen LogP contribution in [0.3, 0.4) is 0 Å². The normalized spacial score (nSPS) is 12.1. The van der Waals surface area contributed by atoms with Crippen molar-refractivity contribution in [3.63, 3.8) is 0 Å². The van der Waals surface area contributed by atoms with Gasteiger partial charge in [-0.05, 0) is 50.1 Å². The van der Waals surface area contributed by atoms with E-state index in [2.05, 4.69) is 15.3 Å². The van der Waals surface area contributed by atoms with Crippen molar-refractivity contribution in [3.05, 3.63) is 59.4 Å². The van der Waals surface area contributed by atoms with Crippen LogP contribution in [0.2, 0.25) is 0 Å². The van der Waals surface area contributed by atoms with Crippen LogP contribution < -0.4 is 10.1 Å². The summed E-state index contributed by atoms with van der Waals surface area (Å²) in [5, 5.41) is 3.04. The van der Waals surface area contributed by atoms with E-state index < -0.39 is 0 Å². The number of H-pyrrole nitrogens is 1. The van der Waals surface area contributed by atoms with Gasteiger partial charge in [-0.1, -0.05) is 18.2 Å². The molecule has 2 aromatic carbocycles. The molecule has 0 aliphatic carbocycles. The Kier molecular flexibility index (Phi) is 4.51.